The summed E-state index contributed by atoms with van der Waals surface area (Å²) in [7, 11) is -3.05. The topological polar surface area (TPSA) is 71.4 Å². The van der Waals surface area contributed by atoms with Gasteiger partial charge in [0, 0.05) is 17.0 Å². The zero-order chi connectivity index (χ0) is 13.8. The summed E-state index contributed by atoms with van der Waals surface area (Å²) in [4.78, 5) is 11.2. The van der Waals surface area contributed by atoms with Crippen LogP contribution < -0.4 is 0 Å². The van der Waals surface area contributed by atoms with Gasteiger partial charge in [0.05, 0.1) is 5.92 Å². The Morgan fingerprint density at radius 3 is 2.33 bits per heavy atom. The Hall–Kier alpha value is -1.07. The number of aliphatic carboxylic acids is 1. The molecule has 4 nitrogen and oxygen atoms in total. The van der Waals surface area contributed by atoms with E-state index in [2.05, 4.69) is 0 Å². The third-order valence-corrected chi connectivity index (χ3v) is 3.86. The van der Waals surface area contributed by atoms with E-state index in [1.807, 2.05) is 0 Å². The third kappa shape index (κ3) is 5.06. The van der Waals surface area contributed by atoms with Crippen LogP contribution in [0.1, 0.15) is 24.3 Å². The van der Waals surface area contributed by atoms with Gasteiger partial charge in [-0.2, -0.15) is 0 Å². The van der Waals surface area contributed by atoms with Crippen LogP contribution in [0.4, 0.5) is 0 Å². The maximum atomic E-state index is 11.2. The van der Waals surface area contributed by atoms with Crippen LogP contribution in [0.3, 0.4) is 0 Å². The van der Waals surface area contributed by atoms with E-state index in [0.29, 0.717) is 23.4 Å². The molecular formula is C12H15ClO4S. The smallest absolute Gasteiger partial charge is 0.310 e. The molecule has 0 saturated carbocycles. The fourth-order valence-corrected chi connectivity index (χ4v) is 2.49. The summed E-state index contributed by atoms with van der Waals surface area (Å²) in [6.07, 6.45) is 1.77. The molecule has 0 spiro atoms. The van der Waals surface area contributed by atoms with Crippen LogP contribution in [0, 0.1) is 0 Å². The van der Waals surface area contributed by atoms with Crippen molar-refractivity contribution in [2.45, 2.75) is 18.8 Å². The molecule has 1 rings (SSSR count). The van der Waals surface area contributed by atoms with Crippen LogP contribution in [-0.2, 0) is 14.6 Å². The number of halogens is 1. The molecule has 1 atom stereocenters. The first-order chi connectivity index (χ1) is 8.29. The van der Waals surface area contributed by atoms with Gasteiger partial charge in [-0.05, 0) is 30.5 Å². The van der Waals surface area contributed by atoms with Crippen LogP contribution in [0.15, 0.2) is 24.3 Å². The van der Waals surface area contributed by atoms with Gasteiger partial charge in [0.1, 0.15) is 9.84 Å². The van der Waals surface area contributed by atoms with E-state index >= 15 is 0 Å². The summed E-state index contributed by atoms with van der Waals surface area (Å²) in [5.74, 6) is -1.64. The van der Waals surface area contributed by atoms with Gasteiger partial charge in [0.15, 0.2) is 0 Å². The lowest BCUT2D eigenvalue weighted by atomic mass is 9.95. The van der Waals surface area contributed by atoms with Gasteiger partial charge in [-0.1, -0.05) is 23.7 Å². The monoisotopic (exact) mass is 290 g/mol. The summed E-state index contributed by atoms with van der Waals surface area (Å²) in [6, 6.07) is 6.57. The summed E-state index contributed by atoms with van der Waals surface area (Å²) in [5, 5.41) is 9.68. The minimum absolute atomic E-state index is 0.00434. The van der Waals surface area contributed by atoms with Crippen LogP contribution in [0.25, 0.3) is 0 Å². The number of hydrogen-bond donors (Lipinski definition) is 1. The first-order valence-electron chi connectivity index (χ1n) is 5.45. The molecule has 18 heavy (non-hydrogen) atoms. The molecule has 0 heterocycles. The molecule has 0 fully saturated rings. The van der Waals surface area contributed by atoms with Crippen molar-refractivity contribution in [3.8, 4) is 0 Å². The first-order valence-corrected chi connectivity index (χ1v) is 7.89. The highest BCUT2D eigenvalue weighted by Crippen LogP contribution is 2.23. The normalized spacial score (nSPS) is 13.2. The van der Waals surface area contributed by atoms with Gasteiger partial charge in [0.25, 0.3) is 0 Å². The van der Waals surface area contributed by atoms with Crippen molar-refractivity contribution in [2.24, 2.45) is 0 Å². The van der Waals surface area contributed by atoms with Crippen molar-refractivity contribution in [3.05, 3.63) is 34.9 Å². The number of carboxylic acid groups (broad SMARTS) is 1. The number of sulfone groups is 1. The zero-order valence-electron chi connectivity index (χ0n) is 9.97. The van der Waals surface area contributed by atoms with Gasteiger partial charge < -0.3 is 5.11 Å². The van der Waals surface area contributed by atoms with Gasteiger partial charge in [0.2, 0.25) is 0 Å². The molecule has 0 saturated heterocycles. The SMILES string of the molecule is CS(=O)(=O)CCCC(C(=O)O)c1ccc(Cl)cc1. The third-order valence-electron chi connectivity index (χ3n) is 2.58. The molecule has 1 aromatic rings. The zero-order valence-corrected chi connectivity index (χ0v) is 11.5. The summed E-state index contributed by atoms with van der Waals surface area (Å²) in [5.41, 5.74) is 0.639. The van der Waals surface area contributed by atoms with E-state index in [1.165, 1.54) is 0 Å². The quantitative estimate of drug-likeness (QED) is 0.873. The second-order valence-electron chi connectivity index (χ2n) is 4.21. The Labute approximate surface area is 112 Å². The molecule has 0 aliphatic heterocycles. The molecule has 100 valence electrons. The lowest BCUT2D eigenvalue weighted by Crippen LogP contribution is -2.13. The lowest BCUT2D eigenvalue weighted by Gasteiger charge is -2.12. The summed E-state index contributed by atoms with van der Waals surface area (Å²) < 4.78 is 22.0. The summed E-state index contributed by atoms with van der Waals surface area (Å²) >= 11 is 5.73. The molecule has 6 heteroatoms. The van der Waals surface area contributed by atoms with E-state index in [9.17, 15) is 13.2 Å². The van der Waals surface area contributed by atoms with Crippen LogP contribution in [0.2, 0.25) is 5.02 Å². The van der Waals surface area contributed by atoms with E-state index in [0.717, 1.165) is 6.26 Å². The minimum atomic E-state index is -3.05. The van der Waals surface area contributed by atoms with Crippen LogP contribution in [-0.4, -0.2) is 31.5 Å². The molecule has 1 unspecified atom stereocenters. The maximum absolute atomic E-state index is 11.2. The van der Waals surface area contributed by atoms with Crippen molar-refractivity contribution in [3.63, 3.8) is 0 Å². The lowest BCUT2D eigenvalue weighted by molar-refractivity contribution is -0.139. The van der Waals surface area contributed by atoms with Crippen molar-refractivity contribution in [1.82, 2.24) is 0 Å². The second-order valence-corrected chi connectivity index (χ2v) is 6.91. The standard InChI is InChI=1S/C12H15ClO4S/c1-18(16,17)8-2-3-11(12(14)15)9-4-6-10(13)7-5-9/h4-7,11H,2-3,8H2,1H3,(H,14,15). The Balaban J connectivity index is 2.72. The molecule has 0 aliphatic rings. The number of rotatable bonds is 6. The highest BCUT2D eigenvalue weighted by Gasteiger charge is 2.20. The van der Waals surface area contributed by atoms with Gasteiger partial charge in [-0.25, -0.2) is 8.42 Å². The number of carbonyl (C=O) groups is 1. The Kier molecular flexibility index (Phi) is 5.16. The highest BCUT2D eigenvalue weighted by molar-refractivity contribution is 7.90. The predicted octanol–water partition coefficient (Wildman–Crippen LogP) is 2.33. The number of carboxylic acids is 1. The Morgan fingerprint density at radius 1 is 1.33 bits per heavy atom. The van der Waals surface area contributed by atoms with E-state index in [4.69, 9.17) is 16.7 Å². The van der Waals surface area contributed by atoms with Crippen molar-refractivity contribution < 1.29 is 18.3 Å². The first kappa shape index (κ1) is 15.0. The van der Waals surface area contributed by atoms with Crippen molar-refractivity contribution in [1.29, 1.82) is 0 Å². The van der Waals surface area contributed by atoms with E-state index in [-0.39, 0.29) is 5.75 Å². The van der Waals surface area contributed by atoms with Crippen LogP contribution >= 0.6 is 11.6 Å². The van der Waals surface area contributed by atoms with E-state index < -0.39 is 21.7 Å². The average Bonchev–Trinajstić information content (AvgIpc) is 2.24. The van der Waals surface area contributed by atoms with Gasteiger partial charge in [-0.15, -0.1) is 0 Å². The van der Waals surface area contributed by atoms with Crippen molar-refractivity contribution >= 4 is 27.4 Å². The van der Waals surface area contributed by atoms with Crippen molar-refractivity contribution in [2.75, 3.05) is 12.0 Å². The number of hydrogen-bond acceptors (Lipinski definition) is 3. The molecular weight excluding hydrogens is 276 g/mol. The molecule has 1 N–H and O–H groups in total. The van der Waals surface area contributed by atoms with Gasteiger partial charge >= 0.3 is 5.97 Å². The Morgan fingerprint density at radius 2 is 1.89 bits per heavy atom. The largest absolute Gasteiger partial charge is 0.481 e. The number of benzene rings is 1. The van der Waals surface area contributed by atoms with E-state index in [1.54, 1.807) is 24.3 Å². The minimum Gasteiger partial charge on any atom is -0.481 e. The van der Waals surface area contributed by atoms with Crippen LogP contribution in [0.5, 0.6) is 0 Å². The molecule has 0 radical (unpaired) electrons. The fourth-order valence-electron chi connectivity index (χ4n) is 1.68. The maximum Gasteiger partial charge on any atom is 0.310 e. The molecule has 0 amide bonds. The molecule has 0 bridgehead atoms. The second kappa shape index (κ2) is 6.20. The fraction of sp³-hybridized carbons (Fsp3) is 0.417. The van der Waals surface area contributed by atoms with Gasteiger partial charge in [-0.3, -0.25) is 4.79 Å². The Bertz CT molecular complexity index is 507. The predicted molar refractivity (Wildman–Crippen MR) is 70.8 cm³/mol. The average molecular weight is 291 g/mol. The molecule has 1 aromatic carbocycles. The molecule has 0 aromatic heterocycles. The molecule has 0 aliphatic carbocycles. The highest BCUT2D eigenvalue weighted by atomic mass is 35.5. The summed E-state index contributed by atoms with van der Waals surface area (Å²) in [6.45, 7) is 0.